The Morgan fingerprint density at radius 3 is 3.00 bits per heavy atom. The monoisotopic (exact) mass is 367 g/mol. The number of thiazole rings is 1. The van der Waals surface area contributed by atoms with Gasteiger partial charge < -0.3 is 10.6 Å². The number of H-pyrrole nitrogens is 1. The molecule has 0 saturated heterocycles. The molecular weight excluding hydrogens is 346 g/mol. The summed E-state index contributed by atoms with van der Waals surface area (Å²) in [5, 5.41) is 14.6. The Labute approximate surface area is 151 Å². The van der Waals surface area contributed by atoms with Crippen molar-refractivity contribution in [1.82, 2.24) is 25.8 Å². The predicted molar refractivity (Wildman–Crippen MR) is 96.0 cm³/mol. The number of nitrogens with one attached hydrogen (secondary N) is 3. The second-order valence-electron chi connectivity index (χ2n) is 6.15. The van der Waals surface area contributed by atoms with Crippen LogP contribution < -0.4 is 10.6 Å². The van der Waals surface area contributed by atoms with E-state index in [1.807, 2.05) is 11.3 Å². The Morgan fingerprint density at radius 1 is 1.25 bits per heavy atom. The Morgan fingerprint density at radius 2 is 2.12 bits per heavy atom. The largest absolute Gasteiger partial charge is 0.350 e. The molecule has 2 aliphatic rings. The van der Waals surface area contributed by atoms with Crippen LogP contribution in [0, 0.1) is 0 Å². The average molecular weight is 368 g/mol. The highest BCUT2D eigenvalue weighted by atomic mass is 35.5. The number of halogens is 1. The van der Waals surface area contributed by atoms with Gasteiger partial charge in [-0.1, -0.05) is 0 Å². The second kappa shape index (κ2) is 7.63. The lowest BCUT2D eigenvalue weighted by atomic mass is 10.0. The molecule has 0 unspecified atom stereocenters. The van der Waals surface area contributed by atoms with Gasteiger partial charge in [0, 0.05) is 48.6 Å². The molecule has 0 spiro atoms. The first kappa shape index (κ1) is 17.4. The third-order valence-corrected chi connectivity index (χ3v) is 5.75. The van der Waals surface area contributed by atoms with E-state index in [4.69, 9.17) is 4.98 Å². The number of hydrogen-bond donors (Lipinski definition) is 3. The first-order valence-electron chi connectivity index (χ1n) is 8.34. The standard InChI is InChI=1S/C16H21N5OS.ClH/c22-16(15-10-9-17-7-5-11(10)20-21-15)18-8-6-14-19-12-3-1-2-4-13(12)23-14;/h17H,1-9H2,(H,18,22)(H,20,21);1H. The van der Waals surface area contributed by atoms with E-state index in [1.54, 1.807) is 0 Å². The molecule has 130 valence electrons. The summed E-state index contributed by atoms with van der Waals surface area (Å²) in [6.07, 6.45) is 6.53. The fraction of sp³-hybridized carbons (Fsp3) is 0.562. The fourth-order valence-corrected chi connectivity index (χ4v) is 4.45. The van der Waals surface area contributed by atoms with Crippen molar-refractivity contribution in [1.29, 1.82) is 0 Å². The molecule has 1 amide bonds. The Balaban J connectivity index is 0.00000169. The molecular formula is C16H22ClN5OS. The zero-order valence-corrected chi connectivity index (χ0v) is 15.1. The number of carbonyl (C=O) groups excluding carboxylic acids is 1. The maximum atomic E-state index is 12.3. The highest BCUT2D eigenvalue weighted by Crippen LogP contribution is 2.26. The Kier molecular flexibility index (Phi) is 5.53. The number of carbonyl (C=O) groups is 1. The highest BCUT2D eigenvalue weighted by molar-refractivity contribution is 7.11. The van der Waals surface area contributed by atoms with Gasteiger partial charge in [0.2, 0.25) is 0 Å². The summed E-state index contributed by atoms with van der Waals surface area (Å²) < 4.78 is 0. The van der Waals surface area contributed by atoms with E-state index in [1.165, 1.54) is 29.8 Å². The molecule has 0 saturated carbocycles. The molecule has 8 heteroatoms. The van der Waals surface area contributed by atoms with Crippen LogP contribution in [-0.2, 0) is 32.2 Å². The number of hydrogen-bond acceptors (Lipinski definition) is 5. The van der Waals surface area contributed by atoms with Gasteiger partial charge in [-0.05, 0) is 25.7 Å². The third kappa shape index (κ3) is 3.48. The minimum absolute atomic E-state index is 0. The number of aromatic amines is 1. The molecule has 1 aliphatic heterocycles. The van der Waals surface area contributed by atoms with Gasteiger partial charge in [0.05, 0.1) is 10.7 Å². The molecule has 6 nitrogen and oxygen atoms in total. The Hall–Kier alpha value is -1.44. The van der Waals surface area contributed by atoms with Crippen LogP contribution in [0.1, 0.15) is 50.2 Å². The van der Waals surface area contributed by atoms with E-state index in [2.05, 4.69) is 20.8 Å². The van der Waals surface area contributed by atoms with Gasteiger partial charge in [-0.25, -0.2) is 4.98 Å². The van der Waals surface area contributed by atoms with Crippen molar-refractivity contribution in [3.05, 3.63) is 32.5 Å². The fourth-order valence-electron chi connectivity index (χ4n) is 3.29. The lowest BCUT2D eigenvalue weighted by Gasteiger charge is -2.12. The second-order valence-corrected chi connectivity index (χ2v) is 7.31. The smallest absolute Gasteiger partial charge is 0.272 e. The Bertz CT molecular complexity index is 703. The summed E-state index contributed by atoms with van der Waals surface area (Å²) >= 11 is 1.81. The molecule has 24 heavy (non-hydrogen) atoms. The van der Waals surface area contributed by atoms with Crippen molar-refractivity contribution < 1.29 is 4.79 Å². The van der Waals surface area contributed by atoms with Crippen LogP contribution in [-0.4, -0.2) is 34.2 Å². The number of fused-ring (bicyclic) bond motifs is 2. The van der Waals surface area contributed by atoms with Gasteiger partial charge >= 0.3 is 0 Å². The summed E-state index contributed by atoms with van der Waals surface area (Å²) in [5.41, 5.74) is 3.92. The normalized spacial score (nSPS) is 16.0. The van der Waals surface area contributed by atoms with Crippen LogP contribution in [0.15, 0.2) is 0 Å². The molecule has 4 rings (SSSR count). The molecule has 3 N–H and O–H groups in total. The lowest BCUT2D eigenvalue weighted by molar-refractivity contribution is 0.0948. The molecule has 0 bridgehead atoms. The highest BCUT2D eigenvalue weighted by Gasteiger charge is 2.21. The minimum Gasteiger partial charge on any atom is -0.350 e. The van der Waals surface area contributed by atoms with E-state index in [-0.39, 0.29) is 18.3 Å². The van der Waals surface area contributed by atoms with Crippen molar-refractivity contribution in [2.24, 2.45) is 0 Å². The molecule has 0 aromatic carbocycles. The van der Waals surface area contributed by atoms with E-state index in [9.17, 15) is 4.79 Å². The van der Waals surface area contributed by atoms with E-state index < -0.39 is 0 Å². The first-order valence-corrected chi connectivity index (χ1v) is 9.15. The van der Waals surface area contributed by atoms with Crippen molar-refractivity contribution in [2.45, 2.75) is 45.1 Å². The van der Waals surface area contributed by atoms with Crippen molar-refractivity contribution >= 4 is 29.7 Å². The predicted octanol–water partition coefficient (Wildman–Crippen LogP) is 1.78. The summed E-state index contributed by atoms with van der Waals surface area (Å²) in [7, 11) is 0. The molecule has 1 aliphatic carbocycles. The summed E-state index contributed by atoms with van der Waals surface area (Å²) in [6.45, 7) is 2.26. The lowest BCUT2D eigenvalue weighted by Crippen LogP contribution is -2.29. The third-order valence-electron chi connectivity index (χ3n) is 4.54. The number of nitrogens with zero attached hydrogens (tertiary/aromatic N) is 2. The number of aromatic nitrogens is 3. The van der Waals surface area contributed by atoms with Crippen molar-refractivity contribution in [3.63, 3.8) is 0 Å². The zero-order chi connectivity index (χ0) is 15.6. The quantitative estimate of drug-likeness (QED) is 0.769. The van der Waals surface area contributed by atoms with E-state index >= 15 is 0 Å². The molecule has 0 fully saturated rings. The average Bonchev–Trinajstić information content (AvgIpc) is 3.18. The van der Waals surface area contributed by atoms with Crippen LogP contribution in [0.25, 0.3) is 0 Å². The molecule has 2 aromatic rings. The van der Waals surface area contributed by atoms with Gasteiger partial charge in [0.15, 0.2) is 5.69 Å². The van der Waals surface area contributed by atoms with Crippen LogP contribution in [0.2, 0.25) is 0 Å². The maximum absolute atomic E-state index is 12.3. The van der Waals surface area contributed by atoms with Gasteiger partial charge in [-0.2, -0.15) is 5.10 Å². The molecule has 2 aromatic heterocycles. The SMILES string of the molecule is Cl.O=C(NCCc1nc2c(s1)CCCC2)c1n[nH]c2c1CNCC2. The van der Waals surface area contributed by atoms with Crippen LogP contribution in [0.5, 0.6) is 0 Å². The van der Waals surface area contributed by atoms with Crippen LogP contribution >= 0.6 is 23.7 Å². The summed E-state index contributed by atoms with van der Waals surface area (Å²) in [5.74, 6) is -0.0903. The number of rotatable bonds is 4. The van der Waals surface area contributed by atoms with Crippen LogP contribution in [0.3, 0.4) is 0 Å². The van der Waals surface area contributed by atoms with Crippen molar-refractivity contribution in [3.8, 4) is 0 Å². The first-order chi connectivity index (χ1) is 11.3. The topological polar surface area (TPSA) is 82.7 Å². The maximum Gasteiger partial charge on any atom is 0.272 e. The van der Waals surface area contributed by atoms with E-state index in [0.717, 1.165) is 42.1 Å². The van der Waals surface area contributed by atoms with Gasteiger partial charge in [-0.15, -0.1) is 23.7 Å². The number of aryl methyl sites for hydroxylation is 2. The van der Waals surface area contributed by atoms with E-state index in [0.29, 0.717) is 18.8 Å². The van der Waals surface area contributed by atoms with Gasteiger partial charge in [0.1, 0.15) is 0 Å². The number of amides is 1. The van der Waals surface area contributed by atoms with Gasteiger partial charge in [-0.3, -0.25) is 9.89 Å². The zero-order valence-electron chi connectivity index (χ0n) is 13.5. The van der Waals surface area contributed by atoms with Crippen LogP contribution in [0.4, 0.5) is 0 Å². The molecule has 0 atom stereocenters. The van der Waals surface area contributed by atoms with Gasteiger partial charge in [0.25, 0.3) is 5.91 Å². The summed E-state index contributed by atoms with van der Waals surface area (Å²) in [6, 6.07) is 0. The summed E-state index contributed by atoms with van der Waals surface area (Å²) in [4.78, 5) is 18.5. The molecule has 0 radical (unpaired) electrons. The minimum atomic E-state index is -0.0903. The molecule has 3 heterocycles. The van der Waals surface area contributed by atoms with Crippen molar-refractivity contribution in [2.75, 3.05) is 13.1 Å².